The fourth-order valence-electron chi connectivity index (χ4n) is 2.14. The molecule has 13 heavy (non-hydrogen) atoms. The standard InChI is InChI=1S/C11H23NO/c1-3-4-5-6-7-11-9-8-10(2)12(11)13/h10-11,13H,3-9H2,1-2H3/t10?,11-/m0/s1. The lowest BCUT2D eigenvalue weighted by Crippen LogP contribution is -2.30. The number of hydrogen-bond acceptors (Lipinski definition) is 2. The Morgan fingerprint density at radius 1 is 1.23 bits per heavy atom. The van der Waals surface area contributed by atoms with Crippen LogP contribution in [0.4, 0.5) is 0 Å². The van der Waals surface area contributed by atoms with Crippen molar-refractivity contribution in [3.05, 3.63) is 0 Å². The molecule has 78 valence electrons. The Kier molecular flexibility index (Phi) is 4.74. The van der Waals surface area contributed by atoms with Crippen LogP contribution in [0.5, 0.6) is 0 Å². The van der Waals surface area contributed by atoms with Crippen LogP contribution in [0.25, 0.3) is 0 Å². The van der Waals surface area contributed by atoms with Gasteiger partial charge in [0.2, 0.25) is 0 Å². The van der Waals surface area contributed by atoms with Gasteiger partial charge in [-0.15, -0.1) is 0 Å². The van der Waals surface area contributed by atoms with Gasteiger partial charge >= 0.3 is 0 Å². The van der Waals surface area contributed by atoms with Crippen LogP contribution in [0.1, 0.15) is 58.8 Å². The normalized spacial score (nSPS) is 29.8. The molecule has 0 radical (unpaired) electrons. The lowest BCUT2D eigenvalue weighted by Gasteiger charge is -2.20. The minimum absolute atomic E-state index is 0.385. The molecule has 0 spiro atoms. The summed E-state index contributed by atoms with van der Waals surface area (Å²) in [5.41, 5.74) is 0. The first-order chi connectivity index (χ1) is 6.25. The minimum atomic E-state index is 0.385. The third kappa shape index (κ3) is 3.28. The summed E-state index contributed by atoms with van der Waals surface area (Å²) in [4.78, 5) is 0. The van der Waals surface area contributed by atoms with Gasteiger partial charge < -0.3 is 5.21 Å². The summed E-state index contributed by atoms with van der Waals surface area (Å²) in [5.74, 6) is 0. The predicted molar refractivity (Wildman–Crippen MR) is 54.9 cm³/mol. The van der Waals surface area contributed by atoms with E-state index in [2.05, 4.69) is 13.8 Å². The Balaban J connectivity index is 2.08. The van der Waals surface area contributed by atoms with Gasteiger partial charge in [-0.1, -0.05) is 32.6 Å². The van der Waals surface area contributed by atoms with Gasteiger partial charge in [-0.2, -0.15) is 5.06 Å². The molecule has 2 atom stereocenters. The summed E-state index contributed by atoms with van der Waals surface area (Å²) in [7, 11) is 0. The van der Waals surface area contributed by atoms with Gasteiger partial charge in [-0.25, -0.2) is 0 Å². The van der Waals surface area contributed by atoms with Crippen molar-refractivity contribution in [1.82, 2.24) is 5.06 Å². The quantitative estimate of drug-likeness (QED) is 0.665. The van der Waals surface area contributed by atoms with E-state index in [0.29, 0.717) is 12.1 Å². The largest absolute Gasteiger partial charge is 0.313 e. The van der Waals surface area contributed by atoms with E-state index in [1.807, 2.05) is 0 Å². The van der Waals surface area contributed by atoms with Crippen LogP contribution in [0.2, 0.25) is 0 Å². The third-order valence-corrected chi connectivity index (χ3v) is 3.13. The predicted octanol–water partition coefficient (Wildman–Crippen LogP) is 3.20. The highest BCUT2D eigenvalue weighted by atomic mass is 16.5. The van der Waals surface area contributed by atoms with Crippen molar-refractivity contribution in [2.24, 2.45) is 0 Å². The number of rotatable bonds is 5. The molecule has 0 saturated carbocycles. The first kappa shape index (κ1) is 11.0. The Morgan fingerprint density at radius 3 is 2.54 bits per heavy atom. The Morgan fingerprint density at radius 2 is 2.00 bits per heavy atom. The number of hydroxylamine groups is 2. The van der Waals surface area contributed by atoms with Crippen LogP contribution < -0.4 is 0 Å². The molecule has 0 aromatic rings. The smallest absolute Gasteiger partial charge is 0.0353 e. The van der Waals surface area contributed by atoms with Gasteiger partial charge in [0.05, 0.1) is 0 Å². The van der Waals surface area contributed by atoms with Crippen molar-refractivity contribution in [2.75, 3.05) is 0 Å². The molecule has 0 amide bonds. The zero-order valence-electron chi connectivity index (χ0n) is 9.00. The van der Waals surface area contributed by atoms with E-state index in [0.717, 1.165) is 6.42 Å². The average molecular weight is 185 g/mol. The van der Waals surface area contributed by atoms with Crippen molar-refractivity contribution in [3.8, 4) is 0 Å². The van der Waals surface area contributed by atoms with E-state index < -0.39 is 0 Å². The second-order valence-electron chi connectivity index (χ2n) is 4.31. The maximum absolute atomic E-state index is 9.65. The fourth-order valence-corrected chi connectivity index (χ4v) is 2.14. The fraction of sp³-hybridized carbons (Fsp3) is 1.00. The van der Waals surface area contributed by atoms with Crippen LogP contribution in [0, 0.1) is 0 Å². The highest BCUT2D eigenvalue weighted by Gasteiger charge is 2.28. The number of nitrogens with zero attached hydrogens (tertiary/aromatic N) is 1. The van der Waals surface area contributed by atoms with Crippen molar-refractivity contribution in [2.45, 2.75) is 70.9 Å². The van der Waals surface area contributed by atoms with Gasteiger partial charge in [0.15, 0.2) is 0 Å². The third-order valence-electron chi connectivity index (χ3n) is 3.13. The molecule has 0 aromatic heterocycles. The molecule has 1 fully saturated rings. The summed E-state index contributed by atoms with van der Waals surface area (Å²) >= 11 is 0. The molecule has 2 nitrogen and oxygen atoms in total. The van der Waals surface area contributed by atoms with Crippen molar-refractivity contribution in [1.29, 1.82) is 0 Å². The van der Waals surface area contributed by atoms with Gasteiger partial charge in [0.25, 0.3) is 0 Å². The van der Waals surface area contributed by atoms with E-state index >= 15 is 0 Å². The summed E-state index contributed by atoms with van der Waals surface area (Å²) < 4.78 is 0. The van der Waals surface area contributed by atoms with Crippen molar-refractivity contribution in [3.63, 3.8) is 0 Å². The molecule has 1 unspecified atom stereocenters. The van der Waals surface area contributed by atoms with Gasteiger partial charge in [0.1, 0.15) is 0 Å². The number of hydrogen-bond donors (Lipinski definition) is 1. The maximum Gasteiger partial charge on any atom is 0.0353 e. The Labute approximate surface area is 81.9 Å². The highest BCUT2D eigenvalue weighted by molar-refractivity contribution is 4.79. The first-order valence-electron chi connectivity index (χ1n) is 5.73. The molecule has 0 aromatic carbocycles. The van der Waals surface area contributed by atoms with Crippen LogP contribution >= 0.6 is 0 Å². The molecule has 0 aliphatic carbocycles. The van der Waals surface area contributed by atoms with Crippen molar-refractivity contribution >= 4 is 0 Å². The lowest BCUT2D eigenvalue weighted by molar-refractivity contribution is -0.130. The second-order valence-corrected chi connectivity index (χ2v) is 4.31. The summed E-state index contributed by atoms with van der Waals surface area (Å²) in [6.07, 6.45) is 8.77. The first-order valence-corrected chi connectivity index (χ1v) is 5.73. The summed E-state index contributed by atoms with van der Waals surface area (Å²) in [6, 6.07) is 0.836. The monoisotopic (exact) mass is 185 g/mol. The molecule has 1 heterocycles. The van der Waals surface area contributed by atoms with Crippen LogP contribution in [0.15, 0.2) is 0 Å². The topological polar surface area (TPSA) is 23.5 Å². The van der Waals surface area contributed by atoms with E-state index in [9.17, 15) is 5.21 Å². The Bertz CT molecular complexity index is 138. The highest BCUT2D eigenvalue weighted by Crippen LogP contribution is 2.25. The van der Waals surface area contributed by atoms with Crippen molar-refractivity contribution < 1.29 is 5.21 Å². The molecule has 1 rings (SSSR count). The zero-order chi connectivity index (χ0) is 9.68. The van der Waals surface area contributed by atoms with Gasteiger partial charge in [0, 0.05) is 12.1 Å². The molecule has 1 aliphatic rings. The second kappa shape index (κ2) is 5.61. The summed E-state index contributed by atoms with van der Waals surface area (Å²) in [6.45, 7) is 4.34. The maximum atomic E-state index is 9.65. The van der Waals surface area contributed by atoms with E-state index in [1.165, 1.54) is 38.5 Å². The average Bonchev–Trinajstić information content (AvgIpc) is 2.43. The van der Waals surface area contributed by atoms with Crippen LogP contribution in [0.3, 0.4) is 0 Å². The zero-order valence-corrected chi connectivity index (χ0v) is 9.00. The van der Waals surface area contributed by atoms with E-state index in [1.54, 1.807) is 5.06 Å². The Hall–Kier alpha value is -0.0800. The van der Waals surface area contributed by atoms with Gasteiger partial charge in [-0.3, -0.25) is 0 Å². The molecule has 1 aliphatic heterocycles. The van der Waals surface area contributed by atoms with Gasteiger partial charge in [-0.05, 0) is 26.2 Å². The summed E-state index contributed by atoms with van der Waals surface area (Å²) in [5, 5.41) is 11.2. The molecule has 1 saturated heterocycles. The van der Waals surface area contributed by atoms with Crippen LogP contribution in [-0.4, -0.2) is 22.4 Å². The molecule has 1 N–H and O–H groups in total. The number of unbranched alkanes of at least 4 members (excludes halogenated alkanes) is 3. The lowest BCUT2D eigenvalue weighted by atomic mass is 10.1. The molecule has 0 bridgehead atoms. The SMILES string of the molecule is CCCCCC[C@H]1CCC(C)N1O. The molecule has 2 heteroatoms. The molecular weight excluding hydrogens is 162 g/mol. The molecular formula is C11H23NO. The minimum Gasteiger partial charge on any atom is -0.313 e. The van der Waals surface area contributed by atoms with Crippen LogP contribution in [-0.2, 0) is 0 Å². The van der Waals surface area contributed by atoms with E-state index in [4.69, 9.17) is 0 Å². The van der Waals surface area contributed by atoms with E-state index in [-0.39, 0.29) is 0 Å².